The second-order valence-electron chi connectivity index (χ2n) is 6.24. The second-order valence-corrected chi connectivity index (χ2v) is 8.10. The average molecular weight is 472 g/mol. The van der Waals surface area contributed by atoms with E-state index < -0.39 is 51.1 Å². The molecule has 0 aliphatic rings. The predicted octanol–water partition coefficient (Wildman–Crippen LogP) is 2.60. The monoisotopic (exact) mass is 472 g/mol. The number of anilines is 1. The van der Waals surface area contributed by atoms with Crippen LogP contribution in [0.4, 0.5) is 18.9 Å². The van der Waals surface area contributed by atoms with E-state index in [1.54, 1.807) is 0 Å². The van der Waals surface area contributed by atoms with Crippen molar-refractivity contribution in [2.45, 2.75) is 17.9 Å². The summed E-state index contributed by atoms with van der Waals surface area (Å²) in [4.78, 5) is 23.9. The lowest BCUT2D eigenvalue weighted by atomic mass is 10.2. The van der Waals surface area contributed by atoms with Gasteiger partial charge < -0.3 is 14.8 Å². The standard InChI is InChI=1S/C20H19F3N2O6S/c1-11(20(27)25-14-7-6-13(21)18(22)19(14)23)31-17(26)9-5-12-4-8-15(30-3)16(10-12)32(28,29)24-2/h4-11,24H,1-3H3,(H,25,27)/b9-5+. The zero-order valence-electron chi connectivity index (χ0n) is 17.1. The van der Waals surface area contributed by atoms with E-state index in [-0.39, 0.29) is 10.6 Å². The van der Waals surface area contributed by atoms with E-state index in [1.165, 1.54) is 45.4 Å². The molecule has 0 bridgehead atoms. The van der Waals surface area contributed by atoms with Crippen molar-refractivity contribution in [1.82, 2.24) is 4.72 Å². The Kier molecular flexibility index (Phi) is 8.00. The molecular formula is C20H19F3N2O6S. The molecule has 0 aromatic heterocycles. The summed E-state index contributed by atoms with van der Waals surface area (Å²) in [6.07, 6.45) is 0.783. The number of carbonyl (C=O) groups is 2. The third-order valence-corrected chi connectivity index (χ3v) is 5.55. The van der Waals surface area contributed by atoms with E-state index in [2.05, 4.69) is 4.72 Å². The summed E-state index contributed by atoms with van der Waals surface area (Å²) < 4.78 is 76.1. The number of carbonyl (C=O) groups excluding carboxylic acids is 2. The zero-order chi connectivity index (χ0) is 24.1. The molecule has 1 amide bonds. The number of rotatable bonds is 8. The van der Waals surface area contributed by atoms with Gasteiger partial charge in [0.25, 0.3) is 5.91 Å². The number of halogens is 3. The summed E-state index contributed by atoms with van der Waals surface area (Å²) in [5.41, 5.74) is -0.304. The first-order valence-electron chi connectivity index (χ1n) is 8.94. The fourth-order valence-electron chi connectivity index (χ4n) is 2.41. The molecular weight excluding hydrogens is 453 g/mol. The predicted molar refractivity (Wildman–Crippen MR) is 109 cm³/mol. The van der Waals surface area contributed by atoms with Gasteiger partial charge in [-0.3, -0.25) is 4.79 Å². The molecule has 8 nitrogen and oxygen atoms in total. The fourth-order valence-corrected chi connectivity index (χ4v) is 3.33. The lowest BCUT2D eigenvalue weighted by Crippen LogP contribution is -2.29. The van der Waals surface area contributed by atoms with E-state index in [0.29, 0.717) is 11.6 Å². The quantitative estimate of drug-likeness (QED) is 0.347. The third-order valence-electron chi connectivity index (χ3n) is 4.11. The van der Waals surface area contributed by atoms with Crippen LogP contribution in [-0.2, 0) is 24.3 Å². The van der Waals surface area contributed by atoms with Crippen molar-refractivity contribution >= 4 is 33.7 Å². The molecule has 0 fully saturated rings. The summed E-state index contributed by atoms with van der Waals surface area (Å²) in [5.74, 6) is -6.63. The molecule has 2 aromatic carbocycles. The first-order valence-corrected chi connectivity index (χ1v) is 10.4. The Bertz CT molecular complexity index is 1170. The van der Waals surface area contributed by atoms with E-state index in [1.807, 2.05) is 5.32 Å². The fraction of sp³-hybridized carbons (Fsp3) is 0.200. The molecule has 2 aromatic rings. The van der Waals surface area contributed by atoms with Gasteiger partial charge in [0.1, 0.15) is 10.6 Å². The van der Waals surface area contributed by atoms with Gasteiger partial charge in [-0.25, -0.2) is 31.1 Å². The highest BCUT2D eigenvalue weighted by atomic mass is 32.2. The largest absolute Gasteiger partial charge is 0.495 e. The maximum Gasteiger partial charge on any atom is 0.331 e. The molecule has 0 heterocycles. The summed E-state index contributed by atoms with van der Waals surface area (Å²) >= 11 is 0. The maximum atomic E-state index is 13.6. The number of sulfonamides is 1. The number of hydrogen-bond acceptors (Lipinski definition) is 6. The molecule has 0 aliphatic carbocycles. The van der Waals surface area contributed by atoms with Crippen molar-refractivity contribution in [3.63, 3.8) is 0 Å². The average Bonchev–Trinajstić information content (AvgIpc) is 2.77. The summed E-state index contributed by atoms with van der Waals surface area (Å²) in [7, 11) is -1.30. The molecule has 0 aliphatic heterocycles. The molecule has 12 heteroatoms. The van der Waals surface area contributed by atoms with E-state index in [0.717, 1.165) is 12.1 Å². The Labute approximate surface area is 182 Å². The van der Waals surface area contributed by atoms with E-state index in [4.69, 9.17) is 9.47 Å². The summed E-state index contributed by atoms with van der Waals surface area (Å²) in [6.45, 7) is 1.18. The molecule has 32 heavy (non-hydrogen) atoms. The first-order chi connectivity index (χ1) is 15.0. The van der Waals surface area contributed by atoms with Gasteiger partial charge in [0.2, 0.25) is 10.0 Å². The number of methoxy groups -OCH3 is 1. The van der Waals surface area contributed by atoms with Crippen molar-refractivity contribution in [1.29, 1.82) is 0 Å². The number of nitrogens with one attached hydrogen (secondary N) is 2. The molecule has 1 unspecified atom stereocenters. The molecule has 1 atom stereocenters. The van der Waals surface area contributed by atoms with Gasteiger partial charge >= 0.3 is 5.97 Å². The van der Waals surface area contributed by atoms with Gasteiger partial charge in [-0.15, -0.1) is 0 Å². The van der Waals surface area contributed by atoms with Crippen LogP contribution in [0.5, 0.6) is 5.75 Å². The Hall–Kier alpha value is -3.38. The Morgan fingerprint density at radius 2 is 1.78 bits per heavy atom. The molecule has 0 spiro atoms. The van der Waals surface area contributed by atoms with Crippen LogP contribution in [0.15, 0.2) is 41.3 Å². The molecule has 0 radical (unpaired) electrons. The molecule has 172 valence electrons. The van der Waals surface area contributed by atoms with Crippen molar-refractivity contribution in [2.75, 3.05) is 19.5 Å². The normalized spacial score (nSPS) is 12.4. The highest BCUT2D eigenvalue weighted by molar-refractivity contribution is 7.89. The SMILES string of the molecule is CNS(=O)(=O)c1cc(/C=C/C(=O)OC(C)C(=O)Nc2ccc(F)c(F)c2F)ccc1OC. The Morgan fingerprint density at radius 3 is 2.41 bits per heavy atom. The zero-order valence-corrected chi connectivity index (χ0v) is 17.9. The summed E-state index contributed by atoms with van der Waals surface area (Å²) in [5, 5.41) is 1.99. The third kappa shape index (κ3) is 5.86. The van der Waals surface area contributed by atoms with Crippen LogP contribution in [0.25, 0.3) is 6.08 Å². The van der Waals surface area contributed by atoms with Gasteiger partial charge in [-0.05, 0) is 49.9 Å². The number of ether oxygens (including phenoxy) is 2. The first kappa shape index (κ1) is 24.9. The van der Waals surface area contributed by atoms with Crippen molar-refractivity contribution < 1.29 is 40.7 Å². The van der Waals surface area contributed by atoms with Gasteiger partial charge in [-0.1, -0.05) is 6.07 Å². The topological polar surface area (TPSA) is 111 Å². The van der Waals surface area contributed by atoms with Crippen LogP contribution in [0.3, 0.4) is 0 Å². The van der Waals surface area contributed by atoms with Crippen LogP contribution < -0.4 is 14.8 Å². The molecule has 0 saturated heterocycles. The van der Waals surface area contributed by atoms with Gasteiger partial charge in [0, 0.05) is 6.08 Å². The number of hydrogen-bond donors (Lipinski definition) is 2. The molecule has 2 rings (SSSR count). The van der Waals surface area contributed by atoms with Gasteiger partial charge in [0.05, 0.1) is 12.8 Å². The highest BCUT2D eigenvalue weighted by Crippen LogP contribution is 2.25. The lowest BCUT2D eigenvalue weighted by Gasteiger charge is -2.13. The van der Waals surface area contributed by atoms with Crippen molar-refractivity contribution in [2.24, 2.45) is 0 Å². The Balaban J connectivity index is 2.08. The molecule has 2 N–H and O–H groups in total. The van der Waals surface area contributed by atoms with E-state index in [9.17, 15) is 31.2 Å². The number of esters is 1. The van der Waals surface area contributed by atoms with Gasteiger partial charge in [-0.2, -0.15) is 0 Å². The van der Waals surface area contributed by atoms with Crippen LogP contribution in [0.1, 0.15) is 12.5 Å². The minimum absolute atomic E-state index is 0.0915. The number of amides is 1. The second kappa shape index (κ2) is 10.3. The number of benzene rings is 2. The van der Waals surface area contributed by atoms with Crippen LogP contribution in [-0.4, -0.2) is 40.6 Å². The summed E-state index contributed by atoms with van der Waals surface area (Å²) in [6, 6.07) is 5.59. The van der Waals surface area contributed by atoms with Crippen LogP contribution in [0.2, 0.25) is 0 Å². The minimum atomic E-state index is -3.83. The van der Waals surface area contributed by atoms with Gasteiger partial charge in [0.15, 0.2) is 23.6 Å². The lowest BCUT2D eigenvalue weighted by molar-refractivity contribution is -0.148. The van der Waals surface area contributed by atoms with Crippen LogP contribution >= 0.6 is 0 Å². The minimum Gasteiger partial charge on any atom is -0.495 e. The van der Waals surface area contributed by atoms with Crippen molar-refractivity contribution in [3.8, 4) is 5.75 Å². The van der Waals surface area contributed by atoms with Crippen LogP contribution in [0, 0.1) is 17.5 Å². The smallest absolute Gasteiger partial charge is 0.331 e. The maximum absolute atomic E-state index is 13.6. The van der Waals surface area contributed by atoms with E-state index >= 15 is 0 Å². The van der Waals surface area contributed by atoms with Crippen molar-refractivity contribution in [3.05, 3.63) is 59.4 Å². The highest BCUT2D eigenvalue weighted by Gasteiger charge is 2.21. The molecule has 0 saturated carbocycles. The Morgan fingerprint density at radius 1 is 1.09 bits per heavy atom.